The van der Waals surface area contributed by atoms with E-state index < -0.39 is 0 Å². The van der Waals surface area contributed by atoms with E-state index in [1.165, 1.54) is 60.1 Å². The Kier molecular flexibility index (Phi) is 8.49. The van der Waals surface area contributed by atoms with Gasteiger partial charge in [0.2, 0.25) is 0 Å². The van der Waals surface area contributed by atoms with Crippen LogP contribution in [0.5, 0.6) is 0 Å². The van der Waals surface area contributed by atoms with E-state index in [1.54, 1.807) is 0 Å². The molecule has 0 unspecified atom stereocenters. The van der Waals surface area contributed by atoms with Crippen LogP contribution in [0.15, 0.2) is 225 Å². The summed E-state index contributed by atoms with van der Waals surface area (Å²) in [7, 11) is 0. The molecule has 11 rings (SSSR count). The van der Waals surface area contributed by atoms with E-state index in [1.807, 2.05) is 30.6 Å². The van der Waals surface area contributed by atoms with Crippen molar-refractivity contribution in [3.8, 4) is 44.5 Å². The van der Waals surface area contributed by atoms with Gasteiger partial charge in [-0.3, -0.25) is 9.88 Å². The highest BCUT2D eigenvalue weighted by molar-refractivity contribution is 6.23. The fourth-order valence-corrected chi connectivity index (χ4v) is 8.75. The number of hydrogen-bond donors (Lipinski definition) is 0. The van der Waals surface area contributed by atoms with Crippen LogP contribution < -0.4 is 4.90 Å². The van der Waals surface area contributed by atoms with E-state index in [9.17, 15) is 0 Å². The Morgan fingerprint density at radius 3 is 1.37 bits per heavy atom. The Labute approximate surface area is 343 Å². The SMILES string of the molecule is c1ccc2nc(N(c3ccc(-c4ccncc4)cc3)c3ccc(-c4ccc(-c5c6ccccc6c(-c6cccc7ccccc67)c6ccccc56)cc4)cc3)ccc2c1. The van der Waals surface area contributed by atoms with Crippen LogP contribution in [0.4, 0.5) is 17.2 Å². The third-order valence-electron chi connectivity index (χ3n) is 11.6. The van der Waals surface area contributed by atoms with Crippen LogP contribution in [0.2, 0.25) is 0 Å². The minimum atomic E-state index is 0.864. The minimum Gasteiger partial charge on any atom is -0.295 e. The maximum Gasteiger partial charge on any atom is 0.138 e. The Hall–Kier alpha value is -7.88. The molecule has 0 fully saturated rings. The van der Waals surface area contributed by atoms with Crippen molar-refractivity contribution in [3.05, 3.63) is 225 Å². The molecular weight excluding hydrogens is 715 g/mol. The van der Waals surface area contributed by atoms with Gasteiger partial charge in [-0.05, 0) is 131 Å². The van der Waals surface area contributed by atoms with Crippen LogP contribution in [0, 0.1) is 0 Å². The summed E-state index contributed by atoms with van der Waals surface area (Å²) < 4.78 is 0. The fraction of sp³-hybridized carbons (Fsp3) is 0. The zero-order valence-electron chi connectivity index (χ0n) is 32.2. The van der Waals surface area contributed by atoms with Crippen LogP contribution in [-0.2, 0) is 0 Å². The number of fused-ring (bicyclic) bond motifs is 4. The molecule has 0 aliphatic rings. The molecule has 11 aromatic rings. The van der Waals surface area contributed by atoms with E-state index in [0.717, 1.165) is 44.8 Å². The van der Waals surface area contributed by atoms with E-state index >= 15 is 0 Å². The van der Waals surface area contributed by atoms with Crippen molar-refractivity contribution < 1.29 is 0 Å². The lowest BCUT2D eigenvalue weighted by molar-refractivity contribution is 1.21. The molecule has 3 nitrogen and oxygen atoms in total. The van der Waals surface area contributed by atoms with Gasteiger partial charge in [-0.1, -0.05) is 158 Å². The molecule has 0 atom stereocenters. The van der Waals surface area contributed by atoms with Gasteiger partial charge >= 0.3 is 0 Å². The molecule has 0 bridgehead atoms. The van der Waals surface area contributed by atoms with Gasteiger partial charge in [-0.2, -0.15) is 0 Å². The van der Waals surface area contributed by atoms with Gasteiger partial charge < -0.3 is 0 Å². The largest absolute Gasteiger partial charge is 0.295 e. The number of para-hydroxylation sites is 1. The summed E-state index contributed by atoms with van der Waals surface area (Å²) in [6.45, 7) is 0. The van der Waals surface area contributed by atoms with Crippen LogP contribution in [0.3, 0.4) is 0 Å². The Morgan fingerprint density at radius 1 is 0.305 bits per heavy atom. The van der Waals surface area contributed by atoms with Crippen molar-refractivity contribution in [2.24, 2.45) is 0 Å². The zero-order chi connectivity index (χ0) is 39.1. The molecule has 0 saturated carbocycles. The topological polar surface area (TPSA) is 29.0 Å². The Bertz CT molecular complexity index is 3240. The summed E-state index contributed by atoms with van der Waals surface area (Å²) in [6, 6.07) is 76.3. The van der Waals surface area contributed by atoms with Crippen LogP contribution in [0.1, 0.15) is 0 Å². The second-order valence-corrected chi connectivity index (χ2v) is 15.0. The average Bonchev–Trinajstić information content (AvgIpc) is 3.31. The number of anilines is 3. The van der Waals surface area contributed by atoms with Crippen molar-refractivity contribution in [1.29, 1.82) is 0 Å². The van der Waals surface area contributed by atoms with Gasteiger partial charge in [-0.25, -0.2) is 4.98 Å². The average molecular weight is 752 g/mol. The van der Waals surface area contributed by atoms with Crippen molar-refractivity contribution in [2.75, 3.05) is 4.90 Å². The number of rotatable bonds is 7. The lowest BCUT2D eigenvalue weighted by Crippen LogP contribution is -2.11. The Morgan fingerprint density at radius 2 is 0.763 bits per heavy atom. The number of aromatic nitrogens is 2. The van der Waals surface area contributed by atoms with Gasteiger partial charge in [-0.15, -0.1) is 0 Å². The molecule has 2 heterocycles. The first kappa shape index (κ1) is 34.4. The van der Waals surface area contributed by atoms with Crippen molar-refractivity contribution in [2.45, 2.75) is 0 Å². The molecule has 59 heavy (non-hydrogen) atoms. The lowest BCUT2D eigenvalue weighted by Gasteiger charge is -2.25. The molecule has 9 aromatic carbocycles. The second-order valence-electron chi connectivity index (χ2n) is 15.0. The molecule has 0 aliphatic heterocycles. The lowest BCUT2D eigenvalue weighted by atomic mass is 9.84. The molecule has 0 aliphatic carbocycles. The predicted octanol–water partition coefficient (Wildman–Crippen LogP) is 15.2. The summed E-state index contributed by atoms with van der Waals surface area (Å²) in [4.78, 5) is 11.5. The number of benzene rings is 9. The molecule has 0 N–H and O–H groups in total. The molecule has 0 radical (unpaired) electrons. The van der Waals surface area contributed by atoms with Gasteiger partial charge in [0.25, 0.3) is 0 Å². The summed E-state index contributed by atoms with van der Waals surface area (Å²) >= 11 is 0. The molecule has 0 amide bonds. The standard InChI is InChI=1S/C56H37N3/c1-3-13-47-42(10-1)12-9-18-48(47)56-51-16-6-4-14-49(51)55(50-15-5-7-17-52(50)56)44-22-20-38(21-23-44)39-24-29-45(30-25-39)59(54-33-28-43-11-2-8-19-53(43)58-54)46-31-26-40(27-32-46)41-34-36-57-37-35-41/h1-37H. The first-order valence-electron chi connectivity index (χ1n) is 20.1. The zero-order valence-corrected chi connectivity index (χ0v) is 32.2. The van der Waals surface area contributed by atoms with Crippen LogP contribution in [0.25, 0.3) is 87.7 Å². The van der Waals surface area contributed by atoms with Gasteiger partial charge in [0, 0.05) is 29.2 Å². The molecular formula is C56H37N3. The van der Waals surface area contributed by atoms with Gasteiger partial charge in [0.1, 0.15) is 5.82 Å². The third kappa shape index (κ3) is 6.17. The summed E-state index contributed by atoms with van der Waals surface area (Å²) in [5, 5.41) is 8.66. The predicted molar refractivity (Wildman–Crippen MR) is 248 cm³/mol. The van der Waals surface area contributed by atoms with Crippen LogP contribution >= 0.6 is 0 Å². The second kappa shape index (κ2) is 14.6. The molecule has 276 valence electrons. The van der Waals surface area contributed by atoms with E-state index in [-0.39, 0.29) is 0 Å². The van der Waals surface area contributed by atoms with Gasteiger partial charge in [0.15, 0.2) is 0 Å². The summed E-state index contributed by atoms with van der Waals surface area (Å²) in [5.41, 5.74) is 12.6. The van der Waals surface area contributed by atoms with E-state index in [0.29, 0.717) is 0 Å². The number of hydrogen-bond acceptors (Lipinski definition) is 3. The van der Waals surface area contributed by atoms with Crippen molar-refractivity contribution in [1.82, 2.24) is 9.97 Å². The first-order chi connectivity index (χ1) is 29.3. The normalized spacial score (nSPS) is 11.4. The van der Waals surface area contributed by atoms with Gasteiger partial charge in [0.05, 0.1) is 5.52 Å². The summed E-state index contributed by atoms with van der Waals surface area (Å²) in [5.74, 6) is 0.864. The highest BCUT2D eigenvalue weighted by Gasteiger charge is 2.19. The Balaban J connectivity index is 0.972. The number of pyridine rings is 2. The van der Waals surface area contributed by atoms with E-state index in [2.05, 4.69) is 204 Å². The molecule has 3 heteroatoms. The highest BCUT2D eigenvalue weighted by Crippen LogP contribution is 2.45. The summed E-state index contributed by atoms with van der Waals surface area (Å²) in [6.07, 6.45) is 3.66. The van der Waals surface area contributed by atoms with E-state index in [4.69, 9.17) is 4.98 Å². The third-order valence-corrected chi connectivity index (χ3v) is 11.6. The monoisotopic (exact) mass is 751 g/mol. The molecule has 2 aromatic heterocycles. The van der Waals surface area contributed by atoms with Crippen molar-refractivity contribution >= 4 is 60.4 Å². The quantitative estimate of drug-likeness (QED) is 0.152. The smallest absolute Gasteiger partial charge is 0.138 e. The highest BCUT2D eigenvalue weighted by atomic mass is 15.2. The maximum absolute atomic E-state index is 5.12. The number of nitrogens with zero attached hydrogens (tertiary/aromatic N) is 3. The van der Waals surface area contributed by atoms with Crippen LogP contribution in [-0.4, -0.2) is 9.97 Å². The van der Waals surface area contributed by atoms with Crippen molar-refractivity contribution in [3.63, 3.8) is 0 Å². The minimum absolute atomic E-state index is 0.864. The molecule has 0 spiro atoms. The molecule has 0 saturated heterocycles. The first-order valence-corrected chi connectivity index (χ1v) is 20.1. The fourth-order valence-electron chi connectivity index (χ4n) is 8.75. The maximum atomic E-state index is 5.12.